The Balaban J connectivity index is 0.000000194. The van der Waals surface area contributed by atoms with Crippen molar-refractivity contribution < 1.29 is 19.1 Å². The Kier molecular flexibility index (Phi) is 9.22. The van der Waals surface area contributed by atoms with E-state index < -0.39 is 5.60 Å². The van der Waals surface area contributed by atoms with Gasteiger partial charge in [-0.05, 0) is 116 Å². The minimum absolute atomic E-state index is 0.145. The van der Waals surface area contributed by atoms with E-state index in [1.165, 1.54) is 18.5 Å². The third-order valence-corrected chi connectivity index (χ3v) is 8.70. The van der Waals surface area contributed by atoms with E-state index in [-0.39, 0.29) is 23.2 Å². The van der Waals surface area contributed by atoms with E-state index in [0.29, 0.717) is 5.41 Å². The summed E-state index contributed by atoms with van der Waals surface area (Å²) in [5.41, 5.74) is 1.08. The van der Waals surface area contributed by atoms with Crippen molar-refractivity contribution in [1.82, 2.24) is 20.1 Å². The Morgan fingerprint density at radius 2 is 1.15 bits per heavy atom. The predicted octanol–water partition coefficient (Wildman–Crippen LogP) is 5.31. The first kappa shape index (κ1) is 30.4. The minimum Gasteiger partial charge on any atom is -0.444 e. The number of anilines is 1. The van der Waals surface area contributed by atoms with Gasteiger partial charge in [0.1, 0.15) is 11.2 Å². The van der Waals surface area contributed by atoms with E-state index in [0.717, 1.165) is 78.0 Å². The number of aromatic nitrogens is 1. The molecule has 4 fully saturated rings. The maximum absolute atomic E-state index is 12.3. The quantitative estimate of drug-likeness (QED) is 0.501. The summed E-state index contributed by atoms with van der Waals surface area (Å²) < 4.78 is 10.9. The van der Waals surface area contributed by atoms with Gasteiger partial charge >= 0.3 is 12.2 Å². The fraction of sp³-hybridized carbons (Fsp3) is 0.774. The lowest BCUT2D eigenvalue weighted by Crippen LogP contribution is -2.43. The summed E-state index contributed by atoms with van der Waals surface area (Å²) in [5.74, 6) is 0. The molecule has 9 nitrogen and oxygen atoms in total. The van der Waals surface area contributed by atoms with E-state index >= 15 is 0 Å². The first-order valence-corrected chi connectivity index (χ1v) is 15.1. The highest BCUT2D eigenvalue weighted by molar-refractivity contribution is 5.69. The number of amides is 2. The topological polar surface area (TPSA) is 87.2 Å². The number of carbonyl (C=O) groups excluding carboxylic acids is 2. The summed E-state index contributed by atoms with van der Waals surface area (Å²) in [6.45, 7) is 19.2. The maximum atomic E-state index is 12.3. The maximum Gasteiger partial charge on any atom is 0.410 e. The molecule has 5 heterocycles. The highest BCUT2D eigenvalue weighted by atomic mass is 16.6. The summed E-state index contributed by atoms with van der Waals surface area (Å²) >= 11 is 0. The molecule has 2 spiro atoms. The van der Waals surface area contributed by atoms with Gasteiger partial charge in [0.05, 0.1) is 0 Å². The van der Waals surface area contributed by atoms with Crippen LogP contribution in [0.5, 0.6) is 0 Å². The van der Waals surface area contributed by atoms with E-state index in [1.54, 1.807) is 0 Å². The number of likely N-dealkylation sites (tertiary alicyclic amines) is 2. The summed E-state index contributed by atoms with van der Waals surface area (Å²) in [6, 6.07) is 4.14. The zero-order valence-corrected chi connectivity index (χ0v) is 25.6. The minimum atomic E-state index is -0.419. The molecule has 0 atom stereocenters. The van der Waals surface area contributed by atoms with Gasteiger partial charge in [0.25, 0.3) is 0 Å². The molecule has 4 aliphatic rings. The van der Waals surface area contributed by atoms with Crippen molar-refractivity contribution in [1.29, 1.82) is 0 Å². The van der Waals surface area contributed by atoms with Crippen molar-refractivity contribution in [2.24, 2.45) is 10.8 Å². The second-order valence-electron chi connectivity index (χ2n) is 14.2. The van der Waals surface area contributed by atoms with Gasteiger partial charge in [-0.25, -0.2) is 9.59 Å². The molecule has 1 N–H and O–H groups in total. The molecule has 224 valence electrons. The molecule has 0 bridgehead atoms. The van der Waals surface area contributed by atoms with Crippen molar-refractivity contribution in [2.75, 3.05) is 57.3 Å². The zero-order chi connectivity index (χ0) is 29.0. The largest absolute Gasteiger partial charge is 0.444 e. The Bertz CT molecular complexity index is 989. The average molecular weight is 558 g/mol. The molecule has 4 aliphatic heterocycles. The predicted molar refractivity (Wildman–Crippen MR) is 158 cm³/mol. The zero-order valence-electron chi connectivity index (χ0n) is 25.6. The molecule has 5 rings (SSSR count). The lowest BCUT2D eigenvalue weighted by atomic mass is 9.77. The Morgan fingerprint density at radius 3 is 1.60 bits per heavy atom. The SMILES string of the molecule is CC(C)(C)OC(=O)N1CCC2(CCN(c3ccncc3)CC2)C1.CC(C)(C)OC(=O)N1CCC2(CCNCC2)C1. The van der Waals surface area contributed by atoms with Crippen molar-refractivity contribution in [3.05, 3.63) is 24.5 Å². The van der Waals surface area contributed by atoms with E-state index in [2.05, 4.69) is 27.3 Å². The number of pyridine rings is 1. The highest BCUT2D eigenvalue weighted by Gasteiger charge is 2.43. The van der Waals surface area contributed by atoms with Crippen LogP contribution >= 0.6 is 0 Å². The van der Waals surface area contributed by atoms with Crippen molar-refractivity contribution in [3.63, 3.8) is 0 Å². The van der Waals surface area contributed by atoms with Crippen molar-refractivity contribution in [2.45, 2.75) is 91.3 Å². The van der Waals surface area contributed by atoms with E-state index in [9.17, 15) is 9.59 Å². The molecular weight excluding hydrogens is 506 g/mol. The van der Waals surface area contributed by atoms with Crippen molar-refractivity contribution in [3.8, 4) is 0 Å². The van der Waals surface area contributed by atoms with Crippen LogP contribution in [-0.4, -0.2) is 90.5 Å². The average Bonchev–Trinajstić information content (AvgIpc) is 3.49. The number of piperidine rings is 2. The van der Waals surface area contributed by atoms with Gasteiger partial charge in [-0.15, -0.1) is 0 Å². The lowest BCUT2D eigenvalue weighted by Gasteiger charge is -2.40. The van der Waals surface area contributed by atoms with E-state index in [1.807, 2.05) is 63.7 Å². The van der Waals surface area contributed by atoms with Crippen LogP contribution < -0.4 is 10.2 Å². The summed E-state index contributed by atoms with van der Waals surface area (Å²) in [4.78, 5) is 34.5. The fourth-order valence-electron chi connectivity index (χ4n) is 6.40. The van der Waals surface area contributed by atoms with Crippen LogP contribution in [0.1, 0.15) is 80.1 Å². The van der Waals surface area contributed by atoms with Crippen LogP contribution in [0, 0.1) is 10.8 Å². The smallest absolute Gasteiger partial charge is 0.410 e. The number of rotatable bonds is 1. The molecule has 0 unspecified atom stereocenters. The Hall–Kier alpha value is -2.55. The fourth-order valence-corrected chi connectivity index (χ4v) is 6.40. The number of hydrogen-bond acceptors (Lipinski definition) is 7. The number of carbonyl (C=O) groups is 2. The van der Waals surface area contributed by atoms with Gasteiger partial charge < -0.3 is 29.5 Å². The number of nitrogens with zero attached hydrogens (tertiary/aromatic N) is 4. The summed E-state index contributed by atoms with van der Waals surface area (Å²) in [7, 11) is 0. The molecule has 0 radical (unpaired) electrons. The number of nitrogens with one attached hydrogen (secondary N) is 1. The standard InChI is InChI=1S/C18H27N3O2.C13H24N2O2/c1-17(2,3)23-16(22)21-13-8-18(14-21)6-11-20(12-7-18)15-4-9-19-10-5-15;1-12(2,3)17-11(16)15-9-6-13(10-15)4-7-14-8-5-13/h4-5,9-10H,6-8,11-14H2,1-3H3;14H,4-10H2,1-3H3. The van der Waals surface area contributed by atoms with Gasteiger partial charge in [0, 0.05) is 57.3 Å². The Labute approximate surface area is 241 Å². The first-order valence-electron chi connectivity index (χ1n) is 15.1. The van der Waals surface area contributed by atoms with E-state index in [4.69, 9.17) is 9.47 Å². The monoisotopic (exact) mass is 557 g/mol. The van der Waals surface area contributed by atoms with Crippen LogP contribution in [0.25, 0.3) is 0 Å². The second-order valence-corrected chi connectivity index (χ2v) is 14.2. The van der Waals surface area contributed by atoms with Gasteiger partial charge in [-0.1, -0.05) is 0 Å². The van der Waals surface area contributed by atoms with Gasteiger partial charge in [-0.2, -0.15) is 0 Å². The second kappa shape index (κ2) is 12.1. The molecule has 0 saturated carbocycles. The Morgan fingerprint density at radius 1 is 0.725 bits per heavy atom. The third-order valence-electron chi connectivity index (χ3n) is 8.70. The van der Waals surface area contributed by atoms with Gasteiger partial charge in [-0.3, -0.25) is 4.98 Å². The molecule has 1 aromatic rings. The molecule has 4 saturated heterocycles. The molecular formula is C31H51N5O4. The summed E-state index contributed by atoms with van der Waals surface area (Å²) in [5, 5.41) is 3.38. The lowest BCUT2D eigenvalue weighted by molar-refractivity contribution is 0.0256. The third kappa shape index (κ3) is 8.24. The molecule has 0 aromatic carbocycles. The van der Waals surface area contributed by atoms with Crippen LogP contribution in [-0.2, 0) is 9.47 Å². The van der Waals surface area contributed by atoms with Crippen molar-refractivity contribution >= 4 is 17.9 Å². The highest BCUT2D eigenvalue weighted by Crippen LogP contribution is 2.42. The van der Waals surface area contributed by atoms with Crippen LogP contribution in [0.3, 0.4) is 0 Å². The van der Waals surface area contributed by atoms with Crippen LogP contribution in [0.15, 0.2) is 24.5 Å². The molecule has 1 aromatic heterocycles. The molecule has 0 aliphatic carbocycles. The van der Waals surface area contributed by atoms with Crippen LogP contribution in [0.2, 0.25) is 0 Å². The number of hydrogen-bond donors (Lipinski definition) is 1. The van der Waals surface area contributed by atoms with Gasteiger partial charge in [0.15, 0.2) is 0 Å². The molecule has 40 heavy (non-hydrogen) atoms. The van der Waals surface area contributed by atoms with Crippen LogP contribution in [0.4, 0.5) is 15.3 Å². The first-order chi connectivity index (χ1) is 18.8. The van der Waals surface area contributed by atoms with Gasteiger partial charge in [0.2, 0.25) is 0 Å². The molecule has 2 amide bonds. The molecule has 9 heteroatoms. The summed E-state index contributed by atoms with van der Waals surface area (Å²) in [6.07, 6.45) is 10.3. The number of ether oxygens (including phenoxy) is 2. The normalized spacial score (nSPS) is 22.2.